The molecular formula is C14H16ClN3O2. The van der Waals surface area contributed by atoms with Gasteiger partial charge in [0.25, 0.3) is 0 Å². The first-order valence-electron chi connectivity index (χ1n) is 6.21. The molecule has 1 heterocycles. The molecule has 0 aliphatic carbocycles. The standard InChI is InChI=1S/C14H16ClN3O2/c1-20-14-3-2-11(15)6-10(14)7-13(19)12-8-18(5-4-16)9-17-12/h2-3,6,8-9H,4-5,7,16H2,1H3. The number of ether oxygens (including phenoxy) is 1. The van der Waals surface area contributed by atoms with Crippen LogP contribution in [0.5, 0.6) is 5.75 Å². The molecule has 0 saturated carbocycles. The fourth-order valence-electron chi connectivity index (χ4n) is 1.92. The van der Waals surface area contributed by atoms with Crippen LogP contribution in [0.15, 0.2) is 30.7 Å². The van der Waals surface area contributed by atoms with Crippen molar-refractivity contribution in [1.82, 2.24) is 9.55 Å². The van der Waals surface area contributed by atoms with Crippen LogP contribution in [0, 0.1) is 0 Å². The van der Waals surface area contributed by atoms with E-state index in [1.165, 1.54) is 0 Å². The summed E-state index contributed by atoms with van der Waals surface area (Å²) in [6, 6.07) is 5.21. The van der Waals surface area contributed by atoms with E-state index in [1.54, 1.807) is 42.4 Å². The molecule has 106 valence electrons. The van der Waals surface area contributed by atoms with Gasteiger partial charge >= 0.3 is 0 Å². The molecule has 0 spiro atoms. The lowest BCUT2D eigenvalue weighted by molar-refractivity contribution is 0.0987. The van der Waals surface area contributed by atoms with Crippen molar-refractivity contribution in [2.45, 2.75) is 13.0 Å². The van der Waals surface area contributed by atoms with Gasteiger partial charge in [0.15, 0.2) is 5.78 Å². The van der Waals surface area contributed by atoms with Gasteiger partial charge in [-0.1, -0.05) is 11.6 Å². The van der Waals surface area contributed by atoms with Crippen molar-refractivity contribution in [2.75, 3.05) is 13.7 Å². The number of hydrogen-bond donors (Lipinski definition) is 1. The zero-order chi connectivity index (χ0) is 14.5. The molecule has 0 aliphatic heterocycles. The van der Waals surface area contributed by atoms with Crippen molar-refractivity contribution in [1.29, 1.82) is 0 Å². The van der Waals surface area contributed by atoms with Crippen molar-refractivity contribution >= 4 is 17.4 Å². The Morgan fingerprint density at radius 3 is 3.00 bits per heavy atom. The van der Waals surface area contributed by atoms with Crippen LogP contribution in [0.1, 0.15) is 16.1 Å². The summed E-state index contributed by atoms with van der Waals surface area (Å²) in [5, 5.41) is 0.572. The van der Waals surface area contributed by atoms with E-state index in [2.05, 4.69) is 4.98 Å². The Hall–Kier alpha value is -1.85. The molecular weight excluding hydrogens is 278 g/mol. The number of benzene rings is 1. The third kappa shape index (κ3) is 3.37. The summed E-state index contributed by atoms with van der Waals surface area (Å²) in [6.07, 6.45) is 3.50. The molecule has 0 fully saturated rings. The van der Waals surface area contributed by atoms with Gasteiger partial charge in [-0.3, -0.25) is 4.79 Å². The normalized spacial score (nSPS) is 10.6. The van der Waals surface area contributed by atoms with Gasteiger partial charge in [0, 0.05) is 36.3 Å². The third-order valence-electron chi connectivity index (χ3n) is 2.90. The Labute approximate surface area is 122 Å². The number of rotatable bonds is 6. The van der Waals surface area contributed by atoms with E-state index >= 15 is 0 Å². The highest BCUT2D eigenvalue weighted by Crippen LogP contribution is 2.23. The quantitative estimate of drug-likeness (QED) is 0.826. The first-order chi connectivity index (χ1) is 9.63. The molecule has 0 unspecified atom stereocenters. The monoisotopic (exact) mass is 293 g/mol. The molecule has 0 bridgehead atoms. The number of methoxy groups -OCH3 is 1. The second-order valence-electron chi connectivity index (χ2n) is 4.34. The molecule has 0 aliphatic rings. The van der Waals surface area contributed by atoms with Crippen LogP contribution in [0.3, 0.4) is 0 Å². The minimum atomic E-state index is -0.0821. The number of hydrogen-bond acceptors (Lipinski definition) is 4. The van der Waals surface area contributed by atoms with Gasteiger partial charge in [0.2, 0.25) is 0 Å². The van der Waals surface area contributed by atoms with Gasteiger partial charge in [0.1, 0.15) is 11.4 Å². The second-order valence-corrected chi connectivity index (χ2v) is 4.78. The van der Waals surface area contributed by atoms with E-state index < -0.39 is 0 Å². The smallest absolute Gasteiger partial charge is 0.187 e. The van der Waals surface area contributed by atoms with Crippen molar-refractivity contribution in [3.05, 3.63) is 47.0 Å². The first-order valence-corrected chi connectivity index (χ1v) is 6.59. The average Bonchev–Trinajstić information content (AvgIpc) is 2.88. The number of imidazole rings is 1. The maximum Gasteiger partial charge on any atom is 0.187 e. The van der Waals surface area contributed by atoms with E-state index in [0.717, 1.165) is 5.56 Å². The highest BCUT2D eigenvalue weighted by molar-refractivity contribution is 6.30. The third-order valence-corrected chi connectivity index (χ3v) is 3.13. The Bertz CT molecular complexity index is 610. The molecule has 0 atom stereocenters. The maximum atomic E-state index is 12.2. The van der Waals surface area contributed by atoms with Gasteiger partial charge in [0.05, 0.1) is 13.4 Å². The van der Waals surface area contributed by atoms with Crippen LogP contribution in [0.25, 0.3) is 0 Å². The van der Waals surface area contributed by atoms with Crippen LogP contribution >= 0.6 is 11.6 Å². The molecule has 1 aromatic heterocycles. The van der Waals surface area contributed by atoms with E-state index in [-0.39, 0.29) is 12.2 Å². The number of nitrogens with two attached hydrogens (primary N) is 1. The number of carbonyl (C=O) groups excluding carboxylic acids is 1. The lowest BCUT2D eigenvalue weighted by Gasteiger charge is -2.07. The molecule has 2 rings (SSSR count). The predicted molar refractivity (Wildman–Crippen MR) is 77.3 cm³/mol. The van der Waals surface area contributed by atoms with Gasteiger partial charge in [-0.15, -0.1) is 0 Å². The summed E-state index contributed by atoms with van der Waals surface area (Å²) in [7, 11) is 1.56. The minimum absolute atomic E-state index is 0.0821. The van der Waals surface area contributed by atoms with Crippen molar-refractivity contribution < 1.29 is 9.53 Å². The summed E-state index contributed by atoms with van der Waals surface area (Å²) in [5.41, 5.74) is 6.62. The fourth-order valence-corrected chi connectivity index (χ4v) is 2.12. The number of aromatic nitrogens is 2. The van der Waals surface area contributed by atoms with Gasteiger partial charge in [-0.2, -0.15) is 0 Å². The SMILES string of the molecule is COc1ccc(Cl)cc1CC(=O)c1cn(CCN)cn1. The van der Waals surface area contributed by atoms with Crippen LogP contribution in [-0.2, 0) is 13.0 Å². The number of nitrogens with zero attached hydrogens (tertiary/aromatic N) is 2. The number of halogens is 1. The van der Waals surface area contributed by atoms with E-state index in [0.29, 0.717) is 29.6 Å². The molecule has 2 aromatic rings. The zero-order valence-electron chi connectivity index (χ0n) is 11.2. The van der Waals surface area contributed by atoms with Crippen LogP contribution < -0.4 is 10.5 Å². The summed E-state index contributed by atoms with van der Waals surface area (Å²) in [5.74, 6) is 0.561. The van der Waals surface area contributed by atoms with E-state index in [1.807, 2.05) is 0 Å². The van der Waals surface area contributed by atoms with Gasteiger partial charge in [-0.05, 0) is 18.2 Å². The molecule has 0 saturated heterocycles. The van der Waals surface area contributed by atoms with Crippen LogP contribution in [0.4, 0.5) is 0 Å². The number of Topliss-reactive ketones (excluding diaryl/α,β-unsaturated/α-hetero) is 1. The fraction of sp³-hybridized carbons (Fsp3) is 0.286. The van der Waals surface area contributed by atoms with Crippen molar-refractivity contribution in [2.24, 2.45) is 5.73 Å². The molecule has 2 N–H and O–H groups in total. The van der Waals surface area contributed by atoms with Crippen molar-refractivity contribution in [3.8, 4) is 5.75 Å². The molecule has 0 radical (unpaired) electrons. The summed E-state index contributed by atoms with van der Waals surface area (Å²) < 4.78 is 7.02. The van der Waals surface area contributed by atoms with Gasteiger partial charge < -0.3 is 15.0 Å². The Morgan fingerprint density at radius 1 is 1.50 bits per heavy atom. The highest BCUT2D eigenvalue weighted by Gasteiger charge is 2.13. The maximum absolute atomic E-state index is 12.2. The Kier molecular flexibility index (Phi) is 4.76. The molecule has 1 aromatic carbocycles. The molecule has 20 heavy (non-hydrogen) atoms. The summed E-state index contributed by atoms with van der Waals surface area (Å²) in [6.45, 7) is 1.15. The van der Waals surface area contributed by atoms with Crippen LogP contribution in [0.2, 0.25) is 5.02 Å². The van der Waals surface area contributed by atoms with E-state index in [4.69, 9.17) is 22.1 Å². The second kappa shape index (κ2) is 6.54. The Morgan fingerprint density at radius 2 is 2.30 bits per heavy atom. The van der Waals surface area contributed by atoms with Crippen LogP contribution in [-0.4, -0.2) is 29.0 Å². The predicted octanol–water partition coefficient (Wildman–Crippen LogP) is 1.93. The minimum Gasteiger partial charge on any atom is -0.496 e. The van der Waals surface area contributed by atoms with E-state index in [9.17, 15) is 4.79 Å². The Balaban J connectivity index is 2.16. The zero-order valence-corrected chi connectivity index (χ0v) is 11.9. The molecule has 6 heteroatoms. The lowest BCUT2D eigenvalue weighted by Crippen LogP contribution is -2.08. The number of ketones is 1. The first kappa shape index (κ1) is 14.6. The van der Waals surface area contributed by atoms with Gasteiger partial charge in [-0.25, -0.2) is 4.98 Å². The average molecular weight is 294 g/mol. The highest BCUT2D eigenvalue weighted by atomic mass is 35.5. The summed E-state index contributed by atoms with van der Waals surface area (Å²) >= 11 is 5.95. The topological polar surface area (TPSA) is 70.1 Å². The lowest BCUT2D eigenvalue weighted by atomic mass is 10.1. The number of carbonyl (C=O) groups is 1. The largest absolute Gasteiger partial charge is 0.496 e. The molecule has 5 nitrogen and oxygen atoms in total. The summed E-state index contributed by atoms with van der Waals surface area (Å²) in [4.78, 5) is 16.3. The molecule has 0 amide bonds. The van der Waals surface area contributed by atoms with Crippen molar-refractivity contribution in [3.63, 3.8) is 0 Å².